The second-order valence-corrected chi connectivity index (χ2v) is 11.6. The van der Waals surface area contributed by atoms with Crippen LogP contribution in [0.3, 0.4) is 0 Å². The summed E-state index contributed by atoms with van der Waals surface area (Å²) in [5, 5.41) is 0. The third-order valence-electron chi connectivity index (χ3n) is 8.21. The summed E-state index contributed by atoms with van der Waals surface area (Å²) in [6.45, 7) is 1.31. The van der Waals surface area contributed by atoms with Gasteiger partial charge in [0.05, 0.1) is 33.0 Å². The molecule has 0 aliphatic heterocycles. The molecule has 0 amide bonds. The van der Waals surface area contributed by atoms with Gasteiger partial charge in [0.1, 0.15) is 30.5 Å². The Morgan fingerprint density at radius 3 is 0.830 bits per heavy atom. The second kappa shape index (κ2) is 16.9. The summed E-state index contributed by atoms with van der Waals surface area (Å²) in [4.78, 5) is 14.6. The lowest BCUT2D eigenvalue weighted by Crippen LogP contribution is -2.65. The van der Waals surface area contributed by atoms with E-state index in [0.717, 1.165) is 27.8 Å². The van der Waals surface area contributed by atoms with E-state index in [-0.39, 0.29) is 32.2 Å². The first-order chi connectivity index (χ1) is 23.2. The average Bonchev–Trinajstić information content (AvgIpc) is 3.14. The van der Waals surface area contributed by atoms with Crippen molar-refractivity contribution in [2.75, 3.05) is 0 Å². The van der Waals surface area contributed by atoms with Gasteiger partial charge in [0.2, 0.25) is 0 Å². The Balaban J connectivity index is 1.35. The lowest BCUT2D eigenvalue weighted by Gasteiger charge is -2.44. The fourth-order valence-electron chi connectivity index (χ4n) is 5.75. The molecule has 47 heavy (non-hydrogen) atoms. The van der Waals surface area contributed by atoms with Gasteiger partial charge in [-0.1, -0.05) is 152 Å². The van der Waals surface area contributed by atoms with Crippen LogP contribution in [0.5, 0.6) is 0 Å². The van der Waals surface area contributed by atoms with Crippen molar-refractivity contribution < 1.29 is 28.5 Å². The molecule has 5 aromatic rings. The third-order valence-corrected chi connectivity index (χ3v) is 8.21. The molecule has 0 N–H and O–H groups in total. The molecule has 0 radical (unpaired) electrons. The molecule has 0 aromatic heterocycles. The van der Waals surface area contributed by atoms with Crippen molar-refractivity contribution in [3.63, 3.8) is 0 Å². The van der Waals surface area contributed by atoms with Gasteiger partial charge in [0, 0.05) is 0 Å². The number of benzene rings is 5. The van der Waals surface area contributed by atoms with Crippen molar-refractivity contribution in [2.45, 2.75) is 63.6 Å². The zero-order chi connectivity index (χ0) is 32.1. The SMILES string of the molecule is O=C1[C@@H](OCc2ccccc2)[C@H](OCc2ccccc2)C(OCc2ccccc2)[C@H](OCc2ccccc2)[C@H]1OCc1ccccc1. The molecule has 0 bridgehead atoms. The maximum atomic E-state index is 14.6. The van der Waals surface area contributed by atoms with Gasteiger partial charge in [0.25, 0.3) is 0 Å². The van der Waals surface area contributed by atoms with Crippen molar-refractivity contribution >= 4 is 5.78 Å². The van der Waals surface area contributed by atoms with E-state index in [0.29, 0.717) is 6.61 Å². The molecule has 1 fully saturated rings. The minimum atomic E-state index is -0.961. The van der Waals surface area contributed by atoms with Crippen LogP contribution >= 0.6 is 0 Å². The Bertz CT molecular complexity index is 1520. The third kappa shape index (κ3) is 9.10. The van der Waals surface area contributed by atoms with E-state index in [1.807, 2.05) is 152 Å². The topological polar surface area (TPSA) is 63.2 Å². The first kappa shape index (κ1) is 32.5. The predicted molar refractivity (Wildman–Crippen MR) is 180 cm³/mol. The molecule has 0 spiro atoms. The van der Waals surface area contributed by atoms with Gasteiger partial charge in [-0.25, -0.2) is 0 Å². The molecule has 1 saturated carbocycles. The highest BCUT2D eigenvalue weighted by molar-refractivity contribution is 5.90. The van der Waals surface area contributed by atoms with Crippen LogP contribution in [0.2, 0.25) is 0 Å². The Kier molecular flexibility index (Phi) is 11.7. The van der Waals surface area contributed by atoms with E-state index in [4.69, 9.17) is 23.7 Å². The number of hydrogen-bond donors (Lipinski definition) is 0. The fourth-order valence-corrected chi connectivity index (χ4v) is 5.75. The number of carbonyl (C=O) groups is 1. The van der Waals surface area contributed by atoms with Gasteiger partial charge in [-0.05, 0) is 27.8 Å². The largest absolute Gasteiger partial charge is 0.368 e. The predicted octanol–water partition coefficient (Wildman–Crippen LogP) is 7.50. The van der Waals surface area contributed by atoms with Crippen LogP contribution in [-0.2, 0) is 61.5 Å². The number of carbonyl (C=O) groups excluding carboxylic acids is 1. The minimum absolute atomic E-state index is 0.229. The summed E-state index contributed by atoms with van der Waals surface area (Å²) in [7, 11) is 0. The van der Waals surface area contributed by atoms with Crippen LogP contribution in [-0.4, -0.2) is 36.3 Å². The Hall–Kier alpha value is -4.43. The van der Waals surface area contributed by atoms with Gasteiger partial charge >= 0.3 is 0 Å². The van der Waals surface area contributed by atoms with Crippen molar-refractivity contribution in [2.24, 2.45) is 0 Å². The average molecular weight is 629 g/mol. The molecular formula is C41H40O6. The van der Waals surface area contributed by atoms with Crippen molar-refractivity contribution in [1.82, 2.24) is 0 Å². The van der Waals surface area contributed by atoms with Crippen LogP contribution in [0.4, 0.5) is 0 Å². The number of Topliss-reactive ketones (excluding diaryl/α,β-unsaturated/α-hetero) is 1. The molecule has 6 rings (SSSR count). The Morgan fingerprint density at radius 1 is 0.319 bits per heavy atom. The summed E-state index contributed by atoms with van der Waals surface area (Å²) in [6, 6.07) is 49.4. The summed E-state index contributed by atoms with van der Waals surface area (Å²) < 4.78 is 32.9. The van der Waals surface area contributed by atoms with E-state index in [9.17, 15) is 4.79 Å². The summed E-state index contributed by atoms with van der Waals surface area (Å²) in [6.07, 6.45) is -4.16. The minimum Gasteiger partial charge on any atom is -0.368 e. The van der Waals surface area contributed by atoms with Crippen LogP contribution in [0.25, 0.3) is 0 Å². The molecule has 1 aliphatic rings. The maximum Gasteiger partial charge on any atom is 0.195 e. The van der Waals surface area contributed by atoms with Gasteiger partial charge < -0.3 is 23.7 Å². The highest BCUT2D eigenvalue weighted by Gasteiger charge is 2.54. The number of rotatable bonds is 15. The van der Waals surface area contributed by atoms with Gasteiger partial charge in [-0.2, -0.15) is 0 Å². The van der Waals surface area contributed by atoms with Crippen molar-refractivity contribution in [3.8, 4) is 0 Å². The molecule has 6 nitrogen and oxygen atoms in total. The molecule has 5 aromatic carbocycles. The molecule has 6 heteroatoms. The van der Waals surface area contributed by atoms with Gasteiger partial charge in [-0.3, -0.25) is 4.79 Å². The number of ketones is 1. The van der Waals surface area contributed by atoms with Gasteiger partial charge in [0.15, 0.2) is 5.78 Å². The maximum absolute atomic E-state index is 14.6. The highest BCUT2D eigenvalue weighted by atomic mass is 16.6. The molecule has 5 atom stereocenters. The Labute approximate surface area is 276 Å². The van der Waals surface area contributed by atoms with E-state index < -0.39 is 30.5 Å². The molecule has 1 unspecified atom stereocenters. The van der Waals surface area contributed by atoms with Crippen molar-refractivity contribution in [1.29, 1.82) is 0 Å². The smallest absolute Gasteiger partial charge is 0.195 e. The lowest BCUT2D eigenvalue weighted by molar-refractivity contribution is -0.238. The lowest BCUT2D eigenvalue weighted by atomic mass is 9.85. The van der Waals surface area contributed by atoms with Gasteiger partial charge in [-0.15, -0.1) is 0 Å². The van der Waals surface area contributed by atoms with Crippen LogP contribution in [0.1, 0.15) is 27.8 Å². The monoisotopic (exact) mass is 628 g/mol. The zero-order valence-corrected chi connectivity index (χ0v) is 26.3. The van der Waals surface area contributed by atoms with E-state index in [1.165, 1.54) is 0 Å². The van der Waals surface area contributed by atoms with Crippen LogP contribution in [0, 0.1) is 0 Å². The molecule has 240 valence electrons. The van der Waals surface area contributed by atoms with E-state index in [2.05, 4.69) is 0 Å². The fraction of sp³-hybridized carbons (Fsp3) is 0.244. The zero-order valence-electron chi connectivity index (χ0n) is 26.3. The molecule has 0 saturated heterocycles. The standard InChI is InChI=1S/C41H40O6/c42-36-37(43-26-31-16-6-1-7-17-31)39(45-28-33-20-10-3-11-21-33)41(47-30-35-24-14-5-15-25-35)40(46-29-34-22-12-4-13-23-34)38(36)44-27-32-18-8-2-9-19-32/h1-25,37-41H,26-30H2/t37-,38+,39+,40-,41?. The molecule has 0 heterocycles. The number of hydrogen-bond acceptors (Lipinski definition) is 6. The quantitative estimate of drug-likeness (QED) is 0.120. The number of ether oxygens (including phenoxy) is 5. The van der Waals surface area contributed by atoms with Crippen LogP contribution < -0.4 is 0 Å². The first-order valence-electron chi connectivity index (χ1n) is 16.1. The summed E-state index contributed by atoms with van der Waals surface area (Å²) >= 11 is 0. The summed E-state index contributed by atoms with van der Waals surface area (Å²) in [5.74, 6) is -0.229. The molecule has 1 aliphatic carbocycles. The molecular weight excluding hydrogens is 588 g/mol. The normalized spacial score (nSPS) is 21.0. The first-order valence-corrected chi connectivity index (χ1v) is 16.1. The second-order valence-electron chi connectivity index (χ2n) is 11.6. The highest BCUT2D eigenvalue weighted by Crippen LogP contribution is 2.32. The van der Waals surface area contributed by atoms with E-state index >= 15 is 0 Å². The summed E-state index contributed by atoms with van der Waals surface area (Å²) in [5.41, 5.74) is 4.86. The van der Waals surface area contributed by atoms with E-state index in [1.54, 1.807) is 0 Å². The van der Waals surface area contributed by atoms with Crippen molar-refractivity contribution in [3.05, 3.63) is 179 Å². The van der Waals surface area contributed by atoms with Crippen LogP contribution in [0.15, 0.2) is 152 Å². The Morgan fingerprint density at radius 2 is 0.553 bits per heavy atom.